The van der Waals surface area contributed by atoms with Gasteiger partial charge in [-0.3, -0.25) is 0 Å². The molecule has 0 saturated carbocycles. The molecule has 0 aliphatic carbocycles. The number of rotatable bonds is 26. The molecule has 2 atom stereocenters. The summed E-state index contributed by atoms with van der Waals surface area (Å²) >= 11 is 0. The van der Waals surface area contributed by atoms with Crippen molar-refractivity contribution in [2.45, 2.75) is 26.4 Å². The van der Waals surface area contributed by atoms with Crippen LogP contribution in [-0.2, 0) is 52.1 Å². The number of methoxy groups -OCH3 is 2. The highest BCUT2D eigenvalue weighted by molar-refractivity contribution is 4.69. The summed E-state index contributed by atoms with van der Waals surface area (Å²) in [5.74, 6) is 0. The zero-order chi connectivity index (χ0) is 24.2. The van der Waals surface area contributed by atoms with Crippen LogP contribution in [0, 0.1) is 0 Å². The Kier molecular flexibility index (Phi) is 25.6. The van der Waals surface area contributed by atoms with E-state index >= 15 is 0 Å². The molecule has 0 aliphatic rings. The summed E-state index contributed by atoms with van der Waals surface area (Å²) in [7, 11) is 3.27. The van der Waals surface area contributed by atoms with E-state index in [2.05, 4.69) is 0 Å². The van der Waals surface area contributed by atoms with Gasteiger partial charge in [0.05, 0.1) is 79.3 Å². The molecule has 0 bridgehead atoms. The van der Waals surface area contributed by atoms with E-state index in [1.807, 2.05) is 0 Å². The van der Waals surface area contributed by atoms with E-state index < -0.39 is 12.6 Å². The lowest BCUT2D eigenvalue weighted by molar-refractivity contribution is -0.110. The van der Waals surface area contributed by atoms with E-state index in [-0.39, 0.29) is 0 Å². The molecule has 11 heteroatoms. The van der Waals surface area contributed by atoms with Crippen LogP contribution in [0.4, 0.5) is 0 Å². The topological polar surface area (TPSA) is 102 Å². The molecular formula is C22H42O11. The van der Waals surface area contributed by atoms with Gasteiger partial charge < -0.3 is 52.1 Å². The first-order chi connectivity index (χ1) is 16.2. The Morgan fingerprint density at radius 2 is 0.788 bits per heavy atom. The Labute approximate surface area is 197 Å². The lowest BCUT2D eigenvalue weighted by Gasteiger charge is -2.13. The molecular weight excluding hydrogens is 440 g/mol. The lowest BCUT2D eigenvalue weighted by atomic mass is 10.7. The molecule has 0 rings (SSSR count). The molecule has 0 heterocycles. The van der Waals surface area contributed by atoms with Crippen LogP contribution in [0.2, 0.25) is 0 Å². The molecule has 0 N–H and O–H groups in total. The molecule has 0 aromatic heterocycles. The summed E-state index contributed by atoms with van der Waals surface area (Å²) in [5.41, 5.74) is 0. The second-order valence-electron chi connectivity index (χ2n) is 6.26. The smallest absolute Gasteiger partial charge is 0.196 e. The Hall–Kier alpha value is -1.44. The van der Waals surface area contributed by atoms with Gasteiger partial charge in [-0.15, -0.1) is 0 Å². The van der Waals surface area contributed by atoms with E-state index in [4.69, 9.17) is 52.1 Å². The van der Waals surface area contributed by atoms with Crippen molar-refractivity contribution in [3.8, 4) is 0 Å². The number of hydrogen-bond donors (Lipinski definition) is 0. The molecule has 0 aromatic carbocycles. The van der Waals surface area contributed by atoms with Gasteiger partial charge in [0, 0.05) is 14.2 Å². The van der Waals surface area contributed by atoms with Gasteiger partial charge in [0.25, 0.3) is 0 Å². The Bertz CT molecular complexity index is 397. The monoisotopic (exact) mass is 482 g/mol. The van der Waals surface area contributed by atoms with E-state index in [9.17, 15) is 0 Å². The zero-order valence-corrected chi connectivity index (χ0v) is 20.4. The largest absolute Gasteiger partial charge is 0.470 e. The van der Waals surface area contributed by atoms with Gasteiger partial charge in [-0.25, -0.2) is 0 Å². The Morgan fingerprint density at radius 1 is 0.455 bits per heavy atom. The molecule has 33 heavy (non-hydrogen) atoms. The number of ether oxygens (including phenoxy) is 11. The van der Waals surface area contributed by atoms with Crippen molar-refractivity contribution in [1.29, 1.82) is 0 Å². The van der Waals surface area contributed by atoms with Crippen molar-refractivity contribution in [1.82, 2.24) is 0 Å². The molecule has 196 valence electrons. The second kappa shape index (κ2) is 26.8. The molecule has 0 fully saturated rings. The van der Waals surface area contributed by atoms with Crippen LogP contribution in [0.3, 0.4) is 0 Å². The average Bonchev–Trinajstić information content (AvgIpc) is 2.81. The minimum absolute atomic E-state index is 0.409. The number of hydrogen-bond acceptors (Lipinski definition) is 11. The van der Waals surface area contributed by atoms with Crippen LogP contribution in [0.5, 0.6) is 0 Å². The average molecular weight is 483 g/mol. The quantitative estimate of drug-likeness (QED) is 0.103. The van der Waals surface area contributed by atoms with E-state index in [1.165, 1.54) is 25.0 Å². The first kappa shape index (κ1) is 31.6. The first-order valence-electron chi connectivity index (χ1n) is 11.0. The highest BCUT2D eigenvalue weighted by atomic mass is 16.7. The van der Waals surface area contributed by atoms with Crippen LogP contribution in [0.25, 0.3) is 0 Å². The van der Waals surface area contributed by atoms with Gasteiger partial charge in [-0.1, -0.05) is 0 Å². The van der Waals surface area contributed by atoms with Crippen molar-refractivity contribution in [2.75, 3.05) is 93.5 Å². The third kappa shape index (κ3) is 26.7. The van der Waals surface area contributed by atoms with Crippen LogP contribution in [0.1, 0.15) is 13.8 Å². The predicted octanol–water partition coefficient (Wildman–Crippen LogP) is 2.06. The Morgan fingerprint density at radius 3 is 1.15 bits per heavy atom. The summed E-state index contributed by atoms with van der Waals surface area (Å²) in [6.07, 6.45) is 4.63. The van der Waals surface area contributed by atoms with Gasteiger partial charge in [0.15, 0.2) is 12.6 Å². The van der Waals surface area contributed by atoms with E-state index in [0.29, 0.717) is 79.3 Å². The predicted molar refractivity (Wildman–Crippen MR) is 119 cm³/mol. The van der Waals surface area contributed by atoms with Gasteiger partial charge in [0.2, 0.25) is 0 Å². The summed E-state index contributed by atoms with van der Waals surface area (Å²) in [5, 5.41) is 0. The molecule has 0 aliphatic heterocycles. The molecule has 11 nitrogen and oxygen atoms in total. The lowest BCUT2D eigenvalue weighted by Crippen LogP contribution is -2.16. The van der Waals surface area contributed by atoms with Gasteiger partial charge in [0.1, 0.15) is 25.0 Å². The summed E-state index contributed by atoms with van der Waals surface area (Å²) in [6.45, 7) is 9.62. The summed E-state index contributed by atoms with van der Waals surface area (Å²) in [4.78, 5) is 0. The first-order valence-corrected chi connectivity index (χ1v) is 11.0. The van der Waals surface area contributed by atoms with Crippen LogP contribution < -0.4 is 0 Å². The van der Waals surface area contributed by atoms with Gasteiger partial charge >= 0.3 is 0 Å². The molecule has 2 unspecified atom stereocenters. The summed E-state index contributed by atoms with van der Waals surface area (Å²) in [6, 6.07) is 0. The van der Waals surface area contributed by atoms with E-state index in [0.717, 1.165) is 0 Å². The third-order valence-electron chi connectivity index (χ3n) is 3.58. The SMILES string of the molecule is COCCOCCOCCOC(C)O/C=C/O/C=C/OC(C)OCCOCCOCCOC. The van der Waals surface area contributed by atoms with Crippen molar-refractivity contribution >= 4 is 0 Å². The van der Waals surface area contributed by atoms with Gasteiger partial charge in [-0.05, 0) is 13.8 Å². The van der Waals surface area contributed by atoms with Crippen molar-refractivity contribution in [3.63, 3.8) is 0 Å². The molecule has 0 spiro atoms. The highest BCUT2D eigenvalue weighted by Crippen LogP contribution is 1.97. The fourth-order valence-corrected chi connectivity index (χ4v) is 1.95. The highest BCUT2D eigenvalue weighted by Gasteiger charge is 2.00. The van der Waals surface area contributed by atoms with Crippen LogP contribution in [-0.4, -0.2) is 106 Å². The van der Waals surface area contributed by atoms with Crippen molar-refractivity contribution in [3.05, 3.63) is 25.0 Å². The maximum absolute atomic E-state index is 5.43. The third-order valence-corrected chi connectivity index (χ3v) is 3.58. The van der Waals surface area contributed by atoms with Crippen LogP contribution in [0.15, 0.2) is 25.0 Å². The fraction of sp³-hybridized carbons (Fsp3) is 0.818. The standard InChI is InChI=1S/C22H42O11/c1-21(30-17-13-27-11-9-25-7-5-23-3)32-19-15-29-16-20-33-22(2)31-18-14-28-12-10-26-8-6-24-4/h15-16,19-22H,5-14,17-18H2,1-4H3/b19-15+,20-16+. The fourth-order valence-electron chi connectivity index (χ4n) is 1.95. The molecule has 0 saturated heterocycles. The van der Waals surface area contributed by atoms with Crippen LogP contribution >= 0.6 is 0 Å². The van der Waals surface area contributed by atoms with E-state index in [1.54, 1.807) is 28.1 Å². The maximum atomic E-state index is 5.43. The molecule has 0 amide bonds. The van der Waals surface area contributed by atoms with Gasteiger partial charge in [-0.2, -0.15) is 0 Å². The minimum atomic E-state index is -0.431. The molecule has 0 aromatic rings. The zero-order valence-electron chi connectivity index (χ0n) is 20.4. The normalized spacial score (nSPS) is 13.6. The van der Waals surface area contributed by atoms with Crippen molar-refractivity contribution in [2.24, 2.45) is 0 Å². The maximum Gasteiger partial charge on any atom is 0.196 e. The second-order valence-corrected chi connectivity index (χ2v) is 6.26. The molecule has 0 radical (unpaired) electrons. The van der Waals surface area contributed by atoms with Crippen molar-refractivity contribution < 1.29 is 52.1 Å². The summed E-state index contributed by atoms with van der Waals surface area (Å²) < 4.78 is 57.6. The minimum Gasteiger partial charge on any atom is -0.470 e. The Balaban J connectivity index is 3.43.